The minimum absolute atomic E-state index is 0.0237. The number of hydrogen-bond donors (Lipinski definition) is 0. The van der Waals surface area contributed by atoms with E-state index in [0.29, 0.717) is 17.9 Å². The first-order chi connectivity index (χ1) is 14.7. The van der Waals surface area contributed by atoms with Crippen LogP contribution in [0.5, 0.6) is 17.2 Å². The number of rotatable bonds is 8. The maximum absolute atomic E-state index is 14.0. The molecule has 0 bridgehead atoms. The minimum atomic E-state index is -3.22. The minimum Gasteiger partial charge on any atom is -0.493 e. The first-order valence-corrected chi connectivity index (χ1v) is 11.7. The van der Waals surface area contributed by atoms with Gasteiger partial charge in [-0.05, 0) is 43.2 Å². The molecule has 2 aromatic carbocycles. The largest absolute Gasteiger partial charge is 0.493 e. The number of para-hydroxylation sites is 1. The second-order valence-electron chi connectivity index (χ2n) is 7.40. The van der Waals surface area contributed by atoms with Gasteiger partial charge in [0, 0.05) is 12.6 Å². The van der Waals surface area contributed by atoms with Crippen molar-refractivity contribution < 1.29 is 31.8 Å². The average molecular weight is 452 g/mol. The van der Waals surface area contributed by atoms with Crippen molar-refractivity contribution in [1.29, 1.82) is 0 Å². The van der Waals surface area contributed by atoms with Crippen LogP contribution in [-0.2, 0) is 21.2 Å². The Morgan fingerprint density at radius 1 is 1.13 bits per heavy atom. The third-order valence-electron chi connectivity index (χ3n) is 5.22. The normalized spacial score (nSPS) is 18.3. The number of benzene rings is 2. The molecule has 0 radical (unpaired) electrons. The molecule has 2 aromatic rings. The summed E-state index contributed by atoms with van der Waals surface area (Å²) in [6, 6.07) is 10.6. The van der Waals surface area contributed by atoms with Gasteiger partial charge in [0.2, 0.25) is 0 Å². The molecule has 0 N–H and O–H groups in total. The van der Waals surface area contributed by atoms with Crippen LogP contribution in [0.4, 0.5) is 4.39 Å². The van der Waals surface area contributed by atoms with E-state index >= 15 is 0 Å². The molecule has 7 nitrogen and oxygen atoms in total. The maximum Gasteiger partial charge on any atom is 0.263 e. The van der Waals surface area contributed by atoms with Crippen LogP contribution in [0.25, 0.3) is 0 Å². The third kappa shape index (κ3) is 5.46. The molecule has 0 spiro atoms. The van der Waals surface area contributed by atoms with Gasteiger partial charge in [0.1, 0.15) is 0 Å². The Bertz CT molecular complexity index is 1040. The van der Waals surface area contributed by atoms with Gasteiger partial charge in [-0.2, -0.15) is 0 Å². The zero-order valence-electron chi connectivity index (χ0n) is 17.7. The Hall–Kier alpha value is -2.81. The molecule has 2 atom stereocenters. The predicted octanol–water partition coefficient (Wildman–Crippen LogP) is 2.83. The molecule has 0 aromatic heterocycles. The summed E-state index contributed by atoms with van der Waals surface area (Å²) in [5.41, 5.74) is 0.744. The molecule has 1 saturated heterocycles. The summed E-state index contributed by atoms with van der Waals surface area (Å²) in [5, 5.41) is 0. The summed E-state index contributed by atoms with van der Waals surface area (Å²) in [6.45, 7) is 1.68. The molecule has 0 aliphatic carbocycles. The number of methoxy groups -OCH3 is 2. The molecule has 1 amide bonds. The lowest BCUT2D eigenvalue weighted by molar-refractivity contribution is -0.140. The Morgan fingerprint density at radius 2 is 1.84 bits per heavy atom. The van der Waals surface area contributed by atoms with E-state index in [9.17, 15) is 17.6 Å². The molecular formula is C22H26FNO6S. The van der Waals surface area contributed by atoms with Crippen LogP contribution >= 0.6 is 0 Å². The van der Waals surface area contributed by atoms with Gasteiger partial charge in [0.25, 0.3) is 5.91 Å². The molecule has 0 saturated carbocycles. The smallest absolute Gasteiger partial charge is 0.263 e. The van der Waals surface area contributed by atoms with Crippen molar-refractivity contribution in [2.75, 3.05) is 25.7 Å². The number of sulfone groups is 1. The Balaban J connectivity index is 1.86. The highest BCUT2D eigenvalue weighted by atomic mass is 32.2. The summed E-state index contributed by atoms with van der Waals surface area (Å²) in [7, 11) is -0.182. The number of carbonyl (C=O) groups excluding carboxylic acids is 1. The first kappa shape index (κ1) is 22.9. The second kappa shape index (κ2) is 9.55. The zero-order valence-corrected chi connectivity index (χ0v) is 18.5. The molecule has 3 rings (SSSR count). The molecule has 1 heterocycles. The van der Waals surface area contributed by atoms with Crippen molar-refractivity contribution in [2.45, 2.75) is 32.0 Å². The summed E-state index contributed by atoms with van der Waals surface area (Å²) in [5.74, 6) is -0.0643. The van der Waals surface area contributed by atoms with Crippen molar-refractivity contribution in [3.63, 3.8) is 0 Å². The lowest BCUT2D eigenvalue weighted by atomic mass is 10.1. The fraction of sp³-hybridized carbons (Fsp3) is 0.409. The first-order valence-electron chi connectivity index (χ1n) is 9.87. The molecule has 9 heteroatoms. The molecule has 31 heavy (non-hydrogen) atoms. The van der Waals surface area contributed by atoms with Crippen LogP contribution in [0.3, 0.4) is 0 Å². The van der Waals surface area contributed by atoms with E-state index in [1.807, 2.05) is 0 Å². The zero-order chi connectivity index (χ0) is 22.6. The monoisotopic (exact) mass is 451 g/mol. The van der Waals surface area contributed by atoms with Crippen LogP contribution < -0.4 is 14.2 Å². The van der Waals surface area contributed by atoms with E-state index in [1.165, 1.54) is 44.2 Å². The number of ether oxygens (including phenoxy) is 3. The van der Waals surface area contributed by atoms with Crippen LogP contribution in [0.2, 0.25) is 0 Å². The fourth-order valence-electron chi connectivity index (χ4n) is 3.60. The van der Waals surface area contributed by atoms with Gasteiger partial charge in [0.15, 0.2) is 39.0 Å². The average Bonchev–Trinajstić information content (AvgIpc) is 3.12. The SMILES string of the molecule is COc1ccc(CN(C(=O)C(C)Oc2ccccc2F)C2CCS(=O)(=O)C2)cc1OC. The highest BCUT2D eigenvalue weighted by Gasteiger charge is 2.37. The molecule has 1 aliphatic rings. The molecule has 1 aliphatic heterocycles. The van der Waals surface area contributed by atoms with Gasteiger partial charge in [-0.25, -0.2) is 12.8 Å². The highest BCUT2D eigenvalue weighted by Crippen LogP contribution is 2.29. The Labute approximate surface area is 181 Å². The number of halogens is 1. The third-order valence-corrected chi connectivity index (χ3v) is 6.97. The second-order valence-corrected chi connectivity index (χ2v) is 9.63. The summed E-state index contributed by atoms with van der Waals surface area (Å²) < 4.78 is 54.2. The highest BCUT2D eigenvalue weighted by molar-refractivity contribution is 7.91. The van der Waals surface area contributed by atoms with Gasteiger partial charge in [-0.3, -0.25) is 4.79 Å². The molecular weight excluding hydrogens is 425 g/mol. The van der Waals surface area contributed by atoms with Crippen molar-refractivity contribution >= 4 is 15.7 Å². The standard InChI is InChI=1S/C22H26FNO6S/c1-15(30-19-7-5-4-6-18(19)23)22(25)24(17-10-11-31(26,27)14-17)13-16-8-9-20(28-2)21(12-16)29-3/h4-9,12,15,17H,10-11,13-14H2,1-3H3. The summed E-state index contributed by atoms with van der Waals surface area (Å²) in [6.07, 6.45) is -0.659. The molecule has 1 fully saturated rings. The molecule has 168 valence electrons. The number of amides is 1. The Kier molecular flexibility index (Phi) is 7.04. The van der Waals surface area contributed by atoms with E-state index in [4.69, 9.17) is 14.2 Å². The van der Waals surface area contributed by atoms with Crippen LogP contribution in [0, 0.1) is 5.82 Å². The van der Waals surface area contributed by atoms with E-state index < -0.39 is 33.7 Å². The predicted molar refractivity (Wildman–Crippen MR) is 114 cm³/mol. The van der Waals surface area contributed by atoms with Crippen LogP contribution in [0.1, 0.15) is 18.9 Å². The summed E-state index contributed by atoms with van der Waals surface area (Å²) in [4.78, 5) is 14.8. The number of hydrogen-bond acceptors (Lipinski definition) is 6. The van der Waals surface area contributed by atoms with Crippen LogP contribution in [-0.4, -0.2) is 57.1 Å². The maximum atomic E-state index is 14.0. The van der Waals surface area contributed by atoms with Gasteiger partial charge < -0.3 is 19.1 Å². The lowest BCUT2D eigenvalue weighted by Gasteiger charge is -2.31. The van der Waals surface area contributed by atoms with Gasteiger partial charge in [-0.1, -0.05) is 18.2 Å². The van der Waals surface area contributed by atoms with E-state index in [1.54, 1.807) is 24.3 Å². The fourth-order valence-corrected chi connectivity index (χ4v) is 5.33. The van der Waals surface area contributed by atoms with E-state index in [0.717, 1.165) is 5.56 Å². The van der Waals surface area contributed by atoms with Crippen molar-refractivity contribution in [3.05, 3.63) is 53.8 Å². The number of nitrogens with zero attached hydrogens (tertiary/aromatic N) is 1. The molecule has 2 unspecified atom stereocenters. The van der Waals surface area contributed by atoms with E-state index in [-0.39, 0.29) is 23.8 Å². The Morgan fingerprint density at radius 3 is 2.45 bits per heavy atom. The lowest BCUT2D eigenvalue weighted by Crippen LogP contribution is -2.46. The van der Waals surface area contributed by atoms with Crippen molar-refractivity contribution in [1.82, 2.24) is 4.90 Å². The van der Waals surface area contributed by atoms with Gasteiger partial charge in [0.05, 0.1) is 25.7 Å². The number of carbonyl (C=O) groups is 1. The topological polar surface area (TPSA) is 82.1 Å². The van der Waals surface area contributed by atoms with Crippen molar-refractivity contribution in [2.24, 2.45) is 0 Å². The quantitative estimate of drug-likeness (QED) is 0.614. The van der Waals surface area contributed by atoms with Crippen LogP contribution in [0.15, 0.2) is 42.5 Å². The van der Waals surface area contributed by atoms with Gasteiger partial charge in [-0.15, -0.1) is 0 Å². The van der Waals surface area contributed by atoms with Crippen molar-refractivity contribution in [3.8, 4) is 17.2 Å². The van der Waals surface area contributed by atoms with Gasteiger partial charge >= 0.3 is 0 Å². The van der Waals surface area contributed by atoms with E-state index in [2.05, 4.69) is 0 Å². The summed E-state index contributed by atoms with van der Waals surface area (Å²) >= 11 is 0.